The van der Waals surface area contributed by atoms with Gasteiger partial charge in [0.1, 0.15) is 18.4 Å². The maximum atomic E-state index is 13.2. The van der Waals surface area contributed by atoms with Crippen LogP contribution in [-0.4, -0.2) is 12.1 Å². The topological polar surface area (TPSA) is 35.2 Å². The summed E-state index contributed by atoms with van der Waals surface area (Å²) in [6.45, 7) is 0.255. The molecule has 2 N–H and O–H groups in total. The van der Waals surface area contributed by atoms with Crippen molar-refractivity contribution in [3.63, 3.8) is 0 Å². The van der Waals surface area contributed by atoms with Crippen molar-refractivity contribution in [2.45, 2.75) is 24.7 Å². The van der Waals surface area contributed by atoms with Crippen molar-refractivity contribution in [1.82, 2.24) is 0 Å². The summed E-state index contributed by atoms with van der Waals surface area (Å²) in [7, 11) is 0. The molecule has 2 nitrogen and oxygen atoms in total. The standard InChI is InChI=1S/C16H14F5NO.ClH/c17-15(18,16(19,20)21)14(22)12-6-8-13(9-7-12)23-10-11-4-2-1-3-5-11;/h1-9,14H,10,22H2;1H/t14-;/m1./s1. The first kappa shape index (κ1) is 20.2. The smallest absolute Gasteiger partial charge is 0.455 e. The number of halogens is 6. The highest BCUT2D eigenvalue weighted by Gasteiger charge is 2.61. The highest BCUT2D eigenvalue weighted by molar-refractivity contribution is 5.85. The molecule has 8 heteroatoms. The van der Waals surface area contributed by atoms with Gasteiger partial charge >= 0.3 is 12.1 Å². The van der Waals surface area contributed by atoms with E-state index in [1.54, 1.807) is 0 Å². The van der Waals surface area contributed by atoms with Crippen molar-refractivity contribution in [1.29, 1.82) is 0 Å². The average Bonchev–Trinajstić information content (AvgIpc) is 2.52. The third-order valence-electron chi connectivity index (χ3n) is 3.26. The van der Waals surface area contributed by atoms with Gasteiger partial charge in [0.05, 0.1) is 0 Å². The van der Waals surface area contributed by atoms with Gasteiger partial charge in [-0.2, -0.15) is 22.0 Å². The van der Waals surface area contributed by atoms with Crippen LogP contribution in [0.2, 0.25) is 0 Å². The maximum absolute atomic E-state index is 13.2. The molecule has 0 aliphatic rings. The van der Waals surface area contributed by atoms with Gasteiger partial charge in [-0.05, 0) is 23.3 Å². The summed E-state index contributed by atoms with van der Waals surface area (Å²) >= 11 is 0. The molecule has 2 aromatic carbocycles. The van der Waals surface area contributed by atoms with Gasteiger partial charge in [-0.15, -0.1) is 12.4 Å². The molecule has 0 aliphatic carbocycles. The lowest BCUT2D eigenvalue weighted by molar-refractivity contribution is -0.291. The SMILES string of the molecule is Cl.N[C@H](c1ccc(OCc2ccccc2)cc1)C(F)(F)C(F)(F)F. The summed E-state index contributed by atoms with van der Waals surface area (Å²) in [6, 6.07) is 11.6. The Bertz CT molecular complexity index is 631. The van der Waals surface area contributed by atoms with Crippen LogP contribution >= 0.6 is 12.4 Å². The Balaban J connectivity index is 0.00000288. The van der Waals surface area contributed by atoms with Gasteiger partial charge in [0.2, 0.25) is 0 Å². The van der Waals surface area contributed by atoms with Crippen LogP contribution in [0.3, 0.4) is 0 Å². The zero-order valence-electron chi connectivity index (χ0n) is 12.3. The van der Waals surface area contributed by atoms with Gasteiger partial charge in [-0.25, -0.2) is 0 Å². The van der Waals surface area contributed by atoms with E-state index in [1.165, 1.54) is 12.1 Å². The van der Waals surface area contributed by atoms with Gasteiger partial charge in [0.25, 0.3) is 0 Å². The molecule has 0 spiro atoms. The van der Waals surface area contributed by atoms with E-state index >= 15 is 0 Å². The Kier molecular flexibility index (Phi) is 6.57. The lowest BCUT2D eigenvalue weighted by Crippen LogP contribution is -2.45. The summed E-state index contributed by atoms with van der Waals surface area (Å²) in [5, 5.41) is 0. The largest absolute Gasteiger partial charge is 0.489 e. The van der Waals surface area contributed by atoms with Crippen LogP contribution in [0.1, 0.15) is 17.2 Å². The van der Waals surface area contributed by atoms with Crippen LogP contribution in [0.25, 0.3) is 0 Å². The third-order valence-corrected chi connectivity index (χ3v) is 3.26. The first-order valence-corrected chi connectivity index (χ1v) is 6.68. The van der Waals surface area contributed by atoms with E-state index in [4.69, 9.17) is 10.5 Å². The molecule has 2 rings (SSSR count). The summed E-state index contributed by atoms with van der Waals surface area (Å²) in [6.07, 6.45) is -5.70. The average molecular weight is 368 g/mol. The summed E-state index contributed by atoms with van der Waals surface area (Å²) in [5.74, 6) is -4.65. The first-order valence-electron chi connectivity index (χ1n) is 6.68. The van der Waals surface area contributed by atoms with Crippen molar-refractivity contribution in [3.05, 3.63) is 65.7 Å². The lowest BCUT2D eigenvalue weighted by atomic mass is 10.0. The monoisotopic (exact) mass is 367 g/mol. The van der Waals surface area contributed by atoms with Crippen molar-refractivity contribution >= 4 is 12.4 Å². The molecule has 1 atom stereocenters. The molecule has 0 saturated carbocycles. The zero-order valence-corrected chi connectivity index (χ0v) is 13.1. The predicted molar refractivity (Wildman–Crippen MR) is 82.4 cm³/mol. The van der Waals surface area contributed by atoms with Gasteiger partial charge in [-0.1, -0.05) is 42.5 Å². The number of ether oxygens (including phenoxy) is 1. The van der Waals surface area contributed by atoms with Crippen molar-refractivity contribution < 1.29 is 26.7 Å². The number of alkyl halides is 5. The van der Waals surface area contributed by atoms with Crippen LogP contribution in [0.15, 0.2) is 54.6 Å². The molecule has 24 heavy (non-hydrogen) atoms. The van der Waals surface area contributed by atoms with E-state index in [1.807, 2.05) is 30.3 Å². The number of hydrogen-bond acceptors (Lipinski definition) is 2. The number of hydrogen-bond donors (Lipinski definition) is 1. The first-order chi connectivity index (χ1) is 10.7. The Labute approximate surface area is 141 Å². The van der Waals surface area contributed by atoms with E-state index in [0.717, 1.165) is 17.7 Å². The molecule has 2 aromatic rings. The van der Waals surface area contributed by atoms with Crippen LogP contribution in [0.5, 0.6) is 5.75 Å². The third kappa shape index (κ3) is 4.58. The molecule has 0 saturated heterocycles. The van der Waals surface area contributed by atoms with E-state index in [-0.39, 0.29) is 24.6 Å². The zero-order chi connectivity index (χ0) is 17.1. The summed E-state index contributed by atoms with van der Waals surface area (Å²) < 4.78 is 68.7. The van der Waals surface area contributed by atoms with E-state index in [0.29, 0.717) is 5.75 Å². The van der Waals surface area contributed by atoms with Crippen molar-refractivity contribution in [3.8, 4) is 5.75 Å². The predicted octanol–water partition coefficient (Wildman–Crippen LogP) is 4.88. The van der Waals surface area contributed by atoms with Crippen molar-refractivity contribution in [2.24, 2.45) is 5.73 Å². The molecule has 0 unspecified atom stereocenters. The fourth-order valence-electron chi connectivity index (χ4n) is 1.90. The van der Waals surface area contributed by atoms with Crippen LogP contribution in [0.4, 0.5) is 22.0 Å². The minimum Gasteiger partial charge on any atom is -0.489 e. The molecular weight excluding hydrogens is 353 g/mol. The second kappa shape index (κ2) is 7.81. The van der Waals surface area contributed by atoms with E-state index < -0.39 is 18.1 Å². The summed E-state index contributed by atoms with van der Waals surface area (Å²) in [5.41, 5.74) is 5.64. The molecule has 0 aliphatic heterocycles. The van der Waals surface area contributed by atoms with Gasteiger partial charge < -0.3 is 10.5 Å². The fourth-order valence-corrected chi connectivity index (χ4v) is 1.90. The molecular formula is C16H15ClF5NO. The molecule has 132 valence electrons. The van der Waals surface area contributed by atoms with Crippen molar-refractivity contribution in [2.75, 3.05) is 0 Å². The highest BCUT2D eigenvalue weighted by atomic mass is 35.5. The van der Waals surface area contributed by atoms with Gasteiger partial charge in [0.15, 0.2) is 0 Å². The number of benzene rings is 2. The Morgan fingerprint density at radius 2 is 1.42 bits per heavy atom. The molecule has 0 radical (unpaired) electrons. The van der Waals surface area contributed by atoms with E-state index in [2.05, 4.69) is 0 Å². The van der Waals surface area contributed by atoms with Crippen LogP contribution in [-0.2, 0) is 6.61 Å². The Morgan fingerprint density at radius 3 is 1.92 bits per heavy atom. The summed E-state index contributed by atoms with van der Waals surface area (Å²) in [4.78, 5) is 0. The second-order valence-corrected chi connectivity index (χ2v) is 4.94. The normalized spacial score (nSPS) is 13.1. The lowest BCUT2D eigenvalue weighted by Gasteiger charge is -2.26. The second-order valence-electron chi connectivity index (χ2n) is 4.94. The Hall–Kier alpha value is -1.86. The molecule has 0 bridgehead atoms. The van der Waals surface area contributed by atoms with Crippen LogP contribution in [0, 0.1) is 0 Å². The number of nitrogens with two attached hydrogens (primary N) is 1. The molecule has 0 heterocycles. The fraction of sp³-hybridized carbons (Fsp3) is 0.250. The van der Waals surface area contributed by atoms with E-state index in [9.17, 15) is 22.0 Å². The molecule has 0 fully saturated rings. The minimum absolute atomic E-state index is 0. The van der Waals surface area contributed by atoms with Gasteiger partial charge in [0, 0.05) is 0 Å². The highest BCUT2D eigenvalue weighted by Crippen LogP contribution is 2.43. The maximum Gasteiger partial charge on any atom is 0.455 e. The quantitative estimate of drug-likeness (QED) is 0.764. The minimum atomic E-state index is -5.70. The number of rotatable bonds is 5. The Morgan fingerprint density at radius 1 is 0.875 bits per heavy atom. The molecule has 0 amide bonds. The van der Waals surface area contributed by atoms with Gasteiger partial charge in [-0.3, -0.25) is 0 Å². The molecule has 0 aromatic heterocycles. The van der Waals surface area contributed by atoms with Crippen LogP contribution < -0.4 is 10.5 Å².